The Morgan fingerprint density at radius 3 is 2.52 bits per heavy atom. The summed E-state index contributed by atoms with van der Waals surface area (Å²) in [4.78, 5) is 13.9. The Hall–Kier alpha value is -3.95. The molecule has 3 aliphatic rings. The van der Waals surface area contributed by atoms with Crippen molar-refractivity contribution in [3.8, 4) is 34.8 Å². The van der Waals surface area contributed by atoms with Crippen molar-refractivity contribution in [2.24, 2.45) is 17.8 Å². The van der Waals surface area contributed by atoms with Gasteiger partial charge in [-0.15, -0.1) is 5.92 Å². The SMILES string of the molecule is COc1cc([C@@H]2CC(=O)C[C@H](O)[C@H]([C@@]34CCCC[C@@H]3CCc3cc(O)c(O)cc34)CC#C[C@H]2Cc2ccccc2)ccc1O. The molecule has 6 atom stereocenters. The number of carbonyl (C=O) groups is 1. The molecule has 0 aromatic heterocycles. The number of carbonyl (C=O) groups excluding carboxylic acids is 1. The molecule has 3 aliphatic carbocycles. The van der Waals surface area contributed by atoms with Gasteiger partial charge in [0.05, 0.1) is 13.2 Å². The van der Waals surface area contributed by atoms with Gasteiger partial charge in [0.2, 0.25) is 0 Å². The van der Waals surface area contributed by atoms with Gasteiger partial charge < -0.3 is 25.2 Å². The van der Waals surface area contributed by atoms with Gasteiger partial charge in [-0.2, -0.15) is 0 Å². The van der Waals surface area contributed by atoms with Crippen LogP contribution >= 0.6 is 0 Å². The molecule has 230 valence electrons. The van der Waals surface area contributed by atoms with Crippen molar-refractivity contribution in [3.63, 3.8) is 0 Å². The van der Waals surface area contributed by atoms with E-state index in [1.807, 2.05) is 24.3 Å². The number of aromatic hydroxyl groups is 3. The van der Waals surface area contributed by atoms with Crippen LogP contribution in [-0.4, -0.2) is 39.4 Å². The standard InChI is InChI=1S/C38H42O6/c1-44-37-20-26(14-16-33(37)40)30-21-29(39)22-34(41)31(12-7-10-25(30)18-24-8-3-2-4-9-24)38-17-6-5-11-28(38)15-13-27-19-35(42)36(43)23-32(27)38/h2-4,8-9,14,16,19-20,23,25,28,30-31,34,40-43H,5-6,11-13,15,17-18,21-22H2,1H3/t25-,28+,30+,31+,34-,38+/m0/s1. The quantitative estimate of drug-likeness (QED) is 0.197. The van der Waals surface area contributed by atoms with Crippen LogP contribution in [0.1, 0.15) is 79.5 Å². The molecule has 1 saturated carbocycles. The molecule has 6 heteroatoms. The van der Waals surface area contributed by atoms with Crippen LogP contribution in [0.2, 0.25) is 0 Å². The summed E-state index contributed by atoms with van der Waals surface area (Å²) in [5.74, 6) is 6.84. The van der Waals surface area contributed by atoms with Gasteiger partial charge in [0, 0.05) is 42.4 Å². The Kier molecular flexibility index (Phi) is 8.60. The minimum absolute atomic E-state index is 0.0188. The van der Waals surface area contributed by atoms with E-state index in [0.29, 0.717) is 24.5 Å². The first-order valence-corrected chi connectivity index (χ1v) is 15.9. The number of benzene rings is 3. The molecule has 1 fully saturated rings. The molecule has 3 aromatic rings. The van der Waals surface area contributed by atoms with Crippen LogP contribution in [0.15, 0.2) is 60.7 Å². The van der Waals surface area contributed by atoms with Crippen LogP contribution in [0.4, 0.5) is 0 Å². The first-order valence-electron chi connectivity index (χ1n) is 15.9. The lowest BCUT2D eigenvalue weighted by Crippen LogP contribution is -2.51. The summed E-state index contributed by atoms with van der Waals surface area (Å²) < 4.78 is 5.41. The number of methoxy groups -OCH3 is 1. The Morgan fingerprint density at radius 2 is 1.73 bits per heavy atom. The summed E-state index contributed by atoms with van der Waals surface area (Å²) in [7, 11) is 1.51. The normalized spacial score (nSPS) is 28.6. The molecule has 3 aromatic carbocycles. The van der Waals surface area contributed by atoms with Crippen LogP contribution < -0.4 is 4.74 Å². The summed E-state index contributed by atoms with van der Waals surface area (Å²) in [6.45, 7) is 0. The summed E-state index contributed by atoms with van der Waals surface area (Å²) >= 11 is 0. The molecular formula is C38H42O6. The van der Waals surface area contributed by atoms with Crippen LogP contribution in [0.5, 0.6) is 23.0 Å². The highest BCUT2D eigenvalue weighted by atomic mass is 16.5. The lowest BCUT2D eigenvalue weighted by atomic mass is 9.50. The molecule has 0 aliphatic heterocycles. The first-order chi connectivity index (χ1) is 21.3. The number of ketones is 1. The number of hydrogen-bond acceptors (Lipinski definition) is 6. The van der Waals surface area contributed by atoms with E-state index in [1.54, 1.807) is 24.3 Å². The number of aliphatic hydroxyl groups excluding tert-OH is 1. The van der Waals surface area contributed by atoms with E-state index in [1.165, 1.54) is 7.11 Å². The van der Waals surface area contributed by atoms with Crippen molar-refractivity contribution >= 4 is 5.78 Å². The Bertz CT molecular complexity index is 1570. The number of Topliss-reactive ketones (excluding diaryl/α,β-unsaturated/α-hetero) is 1. The van der Waals surface area contributed by atoms with Gasteiger partial charge in [-0.25, -0.2) is 0 Å². The van der Waals surface area contributed by atoms with Crippen LogP contribution in [0, 0.1) is 29.6 Å². The molecule has 0 radical (unpaired) electrons. The highest BCUT2D eigenvalue weighted by Crippen LogP contribution is 2.57. The highest BCUT2D eigenvalue weighted by Gasteiger charge is 2.53. The average molecular weight is 595 g/mol. The van der Waals surface area contributed by atoms with E-state index in [9.17, 15) is 25.2 Å². The molecule has 0 saturated heterocycles. The Labute approximate surface area is 259 Å². The molecule has 4 N–H and O–H groups in total. The summed E-state index contributed by atoms with van der Waals surface area (Å²) in [6.07, 6.45) is 6.23. The van der Waals surface area contributed by atoms with Crippen molar-refractivity contribution in [2.75, 3.05) is 7.11 Å². The average Bonchev–Trinajstić information content (AvgIpc) is 3.02. The number of rotatable bonds is 5. The second kappa shape index (κ2) is 12.6. The number of aryl methyl sites for hydroxylation is 1. The lowest BCUT2D eigenvalue weighted by molar-refractivity contribution is -0.123. The van der Waals surface area contributed by atoms with Crippen molar-refractivity contribution < 1.29 is 30.0 Å². The molecule has 0 bridgehead atoms. The third-order valence-corrected chi connectivity index (χ3v) is 10.6. The summed E-state index contributed by atoms with van der Waals surface area (Å²) in [5, 5.41) is 43.1. The Balaban J connectivity index is 1.44. The highest BCUT2D eigenvalue weighted by molar-refractivity contribution is 5.80. The largest absolute Gasteiger partial charge is 0.504 e. The maximum absolute atomic E-state index is 13.9. The number of aliphatic hydroxyl groups is 1. The van der Waals surface area contributed by atoms with Gasteiger partial charge in [-0.3, -0.25) is 4.79 Å². The van der Waals surface area contributed by atoms with Gasteiger partial charge >= 0.3 is 0 Å². The first kappa shape index (κ1) is 30.1. The lowest BCUT2D eigenvalue weighted by Gasteiger charge is -2.54. The molecule has 6 nitrogen and oxygen atoms in total. The number of phenols is 3. The number of hydrogen-bond donors (Lipinski definition) is 4. The van der Waals surface area contributed by atoms with Crippen molar-refractivity contribution in [1.29, 1.82) is 0 Å². The molecule has 44 heavy (non-hydrogen) atoms. The zero-order valence-electron chi connectivity index (χ0n) is 25.3. The van der Waals surface area contributed by atoms with E-state index in [2.05, 4.69) is 24.0 Å². The molecule has 0 unspecified atom stereocenters. The minimum atomic E-state index is -0.889. The Morgan fingerprint density at radius 1 is 0.932 bits per heavy atom. The molecule has 0 spiro atoms. The fourth-order valence-corrected chi connectivity index (χ4v) is 8.55. The van der Waals surface area contributed by atoms with Gasteiger partial charge in [0.25, 0.3) is 0 Å². The van der Waals surface area contributed by atoms with Gasteiger partial charge in [-0.1, -0.05) is 55.2 Å². The van der Waals surface area contributed by atoms with E-state index in [-0.39, 0.29) is 53.6 Å². The maximum Gasteiger partial charge on any atom is 0.160 e. The van der Waals surface area contributed by atoms with Crippen molar-refractivity contribution in [1.82, 2.24) is 0 Å². The van der Waals surface area contributed by atoms with Gasteiger partial charge in [0.1, 0.15) is 5.78 Å². The predicted molar refractivity (Wildman–Crippen MR) is 169 cm³/mol. The maximum atomic E-state index is 13.9. The molecule has 6 rings (SSSR count). The third kappa shape index (κ3) is 5.66. The number of fused-ring (bicyclic) bond motifs is 3. The number of phenolic OH excluding ortho intramolecular Hbond substituents is 3. The van der Waals surface area contributed by atoms with E-state index in [4.69, 9.17) is 4.74 Å². The summed E-state index contributed by atoms with van der Waals surface area (Å²) in [6, 6.07) is 18.8. The zero-order chi connectivity index (χ0) is 30.8. The molecule has 0 heterocycles. The van der Waals surface area contributed by atoms with Gasteiger partial charge in [0.15, 0.2) is 23.0 Å². The van der Waals surface area contributed by atoms with E-state index >= 15 is 0 Å². The fourth-order valence-electron chi connectivity index (χ4n) is 8.55. The van der Waals surface area contributed by atoms with Crippen LogP contribution in [0.25, 0.3) is 0 Å². The van der Waals surface area contributed by atoms with Gasteiger partial charge in [-0.05, 0) is 84.5 Å². The minimum Gasteiger partial charge on any atom is -0.504 e. The monoisotopic (exact) mass is 594 g/mol. The molecular weight excluding hydrogens is 552 g/mol. The second-order valence-corrected chi connectivity index (χ2v) is 13.0. The topological polar surface area (TPSA) is 107 Å². The number of ether oxygens (including phenoxy) is 1. The second-order valence-electron chi connectivity index (χ2n) is 13.0. The smallest absolute Gasteiger partial charge is 0.160 e. The predicted octanol–water partition coefficient (Wildman–Crippen LogP) is 6.56. The van der Waals surface area contributed by atoms with Crippen LogP contribution in [-0.2, 0) is 23.1 Å². The summed E-state index contributed by atoms with van der Waals surface area (Å²) in [5.41, 5.74) is 3.60. The van der Waals surface area contributed by atoms with E-state index in [0.717, 1.165) is 60.8 Å². The van der Waals surface area contributed by atoms with E-state index < -0.39 is 11.5 Å². The van der Waals surface area contributed by atoms with Crippen molar-refractivity contribution in [3.05, 3.63) is 82.9 Å². The third-order valence-electron chi connectivity index (χ3n) is 10.6. The fraction of sp³-hybridized carbons (Fsp3) is 0.447. The van der Waals surface area contributed by atoms with Crippen molar-refractivity contribution in [2.45, 2.75) is 81.6 Å². The molecule has 0 amide bonds. The zero-order valence-corrected chi connectivity index (χ0v) is 25.3. The van der Waals surface area contributed by atoms with Crippen LogP contribution in [0.3, 0.4) is 0 Å².